The minimum atomic E-state index is -0.250. The molecule has 2 N–H and O–H groups in total. The van der Waals surface area contributed by atoms with Gasteiger partial charge in [-0.1, -0.05) is 6.07 Å². The molecule has 8 nitrogen and oxygen atoms in total. The average molecular weight is 350 g/mol. The number of aromatic nitrogens is 4. The molecule has 0 aromatic carbocycles. The van der Waals surface area contributed by atoms with Gasteiger partial charge in [-0.15, -0.1) is 0 Å². The summed E-state index contributed by atoms with van der Waals surface area (Å²) in [6.45, 7) is 1.90. The summed E-state index contributed by atoms with van der Waals surface area (Å²) in [5.74, 6) is -0.302. The van der Waals surface area contributed by atoms with Gasteiger partial charge in [0, 0.05) is 18.9 Å². The minimum Gasteiger partial charge on any atom is -0.357 e. The zero-order valence-corrected chi connectivity index (χ0v) is 14.1. The predicted molar refractivity (Wildman–Crippen MR) is 93.2 cm³/mol. The summed E-state index contributed by atoms with van der Waals surface area (Å²) in [4.78, 5) is 33.6. The van der Waals surface area contributed by atoms with Crippen LogP contribution in [0.2, 0.25) is 0 Å². The third kappa shape index (κ3) is 3.21. The number of nitrogens with zero attached hydrogens (tertiary/aromatic N) is 4. The summed E-state index contributed by atoms with van der Waals surface area (Å²) in [7, 11) is 0. The van der Waals surface area contributed by atoms with Crippen molar-refractivity contribution in [3.63, 3.8) is 0 Å². The Kier molecular flexibility index (Phi) is 4.22. The quantitative estimate of drug-likeness (QED) is 0.739. The number of pyridine rings is 1. The SMILES string of the molecule is O=C(NCc1ccccn1)c1cc2n(n1)CCN(C(=O)c1ccc[nH]1)C2. The molecule has 0 saturated heterocycles. The lowest BCUT2D eigenvalue weighted by Gasteiger charge is -2.27. The van der Waals surface area contributed by atoms with Crippen molar-refractivity contribution >= 4 is 11.8 Å². The van der Waals surface area contributed by atoms with Gasteiger partial charge >= 0.3 is 0 Å². The van der Waals surface area contributed by atoms with Gasteiger partial charge in [-0.2, -0.15) is 5.10 Å². The molecule has 0 spiro atoms. The molecular formula is C18H18N6O2. The van der Waals surface area contributed by atoms with E-state index in [1.54, 1.807) is 40.2 Å². The molecule has 26 heavy (non-hydrogen) atoms. The fourth-order valence-corrected chi connectivity index (χ4v) is 2.95. The summed E-state index contributed by atoms with van der Waals surface area (Å²) >= 11 is 0. The highest BCUT2D eigenvalue weighted by molar-refractivity contribution is 5.93. The van der Waals surface area contributed by atoms with Crippen molar-refractivity contribution in [3.8, 4) is 0 Å². The van der Waals surface area contributed by atoms with E-state index in [0.29, 0.717) is 37.6 Å². The third-order valence-corrected chi connectivity index (χ3v) is 4.30. The number of hydrogen-bond acceptors (Lipinski definition) is 4. The molecular weight excluding hydrogens is 332 g/mol. The van der Waals surface area contributed by atoms with E-state index in [0.717, 1.165) is 11.4 Å². The lowest BCUT2D eigenvalue weighted by atomic mass is 10.2. The molecule has 0 saturated carbocycles. The van der Waals surface area contributed by atoms with Gasteiger partial charge in [0.05, 0.1) is 31.0 Å². The number of amides is 2. The number of nitrogens with one attached hydrogen (secondary N) is 2. The van der Waals surface area contributed by atoms with Gasteiger partial charge in [-0.25, -0.2) is 0 Å². The third-order valence-electron chi connectivity index (χ3n) is 4.30. The van der Waals surface area contributed by atoms with Gasteiger partial charge in [0.25, 0.3) is 11.8 Å². The molecule has 4 rings (SSSR count). The molecule has 8 heteroatoms. The van der Waals surface area contributed by atoms with Crippen molar-refractivity contribution in [2.24, 2.45) is 0 Å². The second-order valence-corrected chi connectivity index (χ2v) is 6.06. The maximum Gasteiger partial charge on any atom is 0.272 e. The highest BCUT2D eigenvalue weighted by atomic mass is 16.2. The maximum atomic E-state index is 12.4. The molecule has 132 valence electrons. The number of rotatable bonds is 4. The standard InChI is InChI=1S/C18H18N6O2/c25-17(21-11-13-4-1-2-6-19-13)16-10-14-12-23(8-9-24(14)22-16)18(26)15-5-3-7-20-15/h1-7,10,20H,8-9,11-12H2,(H,21,25). The molecule has 0 radical (unpaired) electrons. The molecule has 0 fully saturated rings. The molecule has 3 aromatic rings. The molecule has 0 aliphatic carbocycles. The van der Waals surface area contributed by atoms with E-state index in [9.17, 15) is 9.59 Å². The number of carbonyl (C=O) groups excluding carboxylic acids is 2. The van der Waals surface area contributed by atoms with Crippen LogP contribution in [-0.4, -0.2) is 43.0 Å². The molecule has 2 amide bonds. The van der Waals surface area contributed by atoms with Crippen molar-refractivity contribution < 1.29 is 9.59 Å². The zero-order chi connectivity index (χ0) is 17.9. The number of H-pyrrole nitrogens is 1. The second kappa shape index (κ2) is 6.83. The van der Waals surface area contributed by atoms with Crippen molar-refractivity contribution in [2.45, 2.75) is 19.6 Å². The second-order valence-electron chi connectivity index (χ2n) is 6.06. The summed E-state index contributed by atoms with van der Waals surface area (Å²) in [5, 5.41) is 7.18. The van der Waals surface area contributed by atoms with Gasteiger partial charge in [0.2, 0.25) is 0 Å². The van der Waals surface area contributed by atoms with Crippen LogP contribution in [0.25, 0.3) is 0 Å². The van der Waals surface area contributed by atoms with Crippen LogP contribution in [0.4, 0.5) is 0 Å². The predicted octanol–water partition coefficient (Wildman–Crippen LogP) is 1.19. The highest BCUT2D eigenvalue weighted by Gasteiger charge is 2.25. The Morgan fingerprint density at radius 1 is 1.19 bits per heavy atom. The van der Waals surface area contributed by atoms with Crippen molar-refractivity contribution in [3.05, 3.63) is 71.6 Å². The number of aromatic amines is 1. The monoisotopic (exact) mass is 350 g/mol. The topological polar surface area (TPSA) is 95.9 Å². The number of fused-ring (bicyclic) bond motifs is 1. The van der Waals surface area contributed by atoms with Crippen LogP contribution in [0, 0.1) is 0 Å². The van der Waals surface area contributed by atoms with Gasteiger partial charge < -0.3 is 15.2 Å². The van der Waals surface area contributed by atoms with Gasteiger partial charge in [0.1, 0.15) is 5.69 Å². The smallest absolute Gasteiger partial charge is 0.272 e. The molecule has 1 aliphatic rings. The van der Waals surface area contributed by atoms with E-state index in [2.05, 4.69) is 20.4 Å². The number of hydrogen-bond donors (Lipinski definition) is 2. The Labute approximate surface area is 149 Å². The Morgan fingerprint density at radius 3 is 2.88 bits per heavy atom. The van der Waals surface area contributed by atoms with E-state index < -0.39 is 0 Å². The largest absolute Gasteiger partial charge is 0.357 e. The Hall–Kier alpha value is -3.42. The average Bonchev–Trinajstić information content (AvgIpc) is 3.35. The van der Waals surface area contributed by atoms with Gasteiger partial charge in [-0.05, 0) is 30.3 Å². The van der Waals surface area contributed by atoms with Crippen molar-refractivity contribution in [2.75, 3.05) is 6.54 Å². The van der Waals surface area contributed by atoms with Crippen LogP contribution >= 0.6 is 0 Å². The lowest BCUT2D eigenvalue weighted by molar-refractivity contribution is 0.0700. The van der Waals surface area contributed by atoms with Crippen LogP contribution in [0.15, 0.2) is 48.8 Å². The van der Waals surface area contributed by atoms with Crippen LogP contribution in [0.5, 0.6) is 0 Å². The fraction of sp³-hybridized carbons (Fsp3) is 0.222. The van der Waals surface area contributed by atoms with Crippen LogP contribution < -0.4 is 5.32 Å². The first kappa shape index (κ1) is 16.1. The minimum absolute atomic E-state index is 0.0522. The molecule has 3 aromatic heterocycles. The molecule has 4 heterocycles. The van der Waals surface area contributed by atoms with E-state index in [-0.39, 0.29) is 11.8 Å². The zero-order valence-electron chi connectivity index (χ0n) is 14.1. The first-order chi connectivity index (χ1) is 12.7. The first-order valence-corrected chi connectivity index (χ1v) is 8.38. The molecule has 0 bridgehead atoms. The normalized spacial score (nSPS) is 13.3. The van der Waals surface area contributed by atoms with Crippen molar-refractivity contribution in [1.29, 1.82) is 0 Å². The summed E-state index contributed by atoms with van der Waals surface area (Å²) in [5.41, 5.74) is 2.54. The fourth-order valence-electron chi connectivity index (χ4n) is 2.95. The Bertz CT molecular complexity index is 917. The summed E-state index contributed by atoms with van der Waals surface area (Å²) in [6.07, 6.45) is 3.41. The van der Waals surface area contributed by atoms with Gasteiger partial charge in [0.15, 0.2) is 5.69 Å². The molecule has 1 aliphatic heterocycles. The highest BCUT2D eigenvalue weighted by Crippen LogP contribution is 2.16. The van der Waals surface area contributed by atoms with E-state index in [1.165, 1.54) is 0 Å². The van der Waals surface area contributed by atoms with Crippen LogP contribution in [-0.2, 0) is 19.6 Å². The first-order valence-electron chi connectivity index (χ1n) is 8.38. The molecule has 0 atom stereocenters. The number of carbonyl (C=O) groups is 2. The summed E-state index contributed by atoms with van der Waals surface area (Å²) in [6, 6.07) is 10.8. The van der Waals surface area contributed by atoms with Gasteiger partial charge in [-0.3, -0.25) is 19.3 Å². The maximum absolute atomic E-state index is 12.4. The molecule has 0 unspecified atom stereocenters. The Balaban J connectivity index is 1.42. The van der Waals surface area contributed by atoms with Crippen molar-refractivity contribution in [1.82, 2.24) is 30.0 Å². The van der Waals surface area contributed by atoms with E-state index in [1.807, 2.05) is 18.2 Å². The van der Waals surface area contributed by atoms with Crippen LogP contribution in [0.1, 0.15) is 32.4 Å². The van der Waals surface area contributed by atoms with Crippen LogP contribution in [0.3, 0.4) is 0 Å². The van der Waals surface area contributed by atoms with E-state index in [4.69, 9.17) is 0 Å². The van der Waals surface area contributed by atoms with E-state index >= 15 is 0 Å². The lowest BCUT2D eigenvalue weighted by Crippen LogP contribution is -2.38. The summed E-state index contributed by atoms with van der Waals surface area (Å²) < 4.78 is 1.79. The Morgan fingerprint density at radius 2 is 2.12 bits per heavy atom.